The molecule has 2 aromatic heterocycles. The molecule has 0 aliphatic rings. The highest BCUT2D eigenvalue weighted by molar-refractivity contribution is 5.77. The molecule has 11 heteroatoms. The zero-order valence-electron chi connectivity index (χ0n) is 17.5. The lowest BCUT2D eigenvalue weighted by Gasteiger charge is -2.13. The number of rotatable bonds is 6. The first-order valence-corrected chi connectivity index (χ1v) is 9.79. The minimum atomic E-state index is -4.64. The molecule has 3 rings (SSSR count). The van der Waals surface area contributed by atoms with E-state index in [0.717, 1.165) is 24.4 Å². The fraction of sp³-hybridized carbons (Fsp3) is 0.273. The van der Waals surface area contributed by atoms with E-state index in [4.69, 9.17) is 0 Å². The number of H-pyrrole nitrogens is 1. The highest BCUT2D eigenvalue weighted by atomic mass is 19.4. The van der Waals surface area contributed by atoms with E-state index in [-0.39, 0.29) is 41.0 Å². The van der Waals surface area contributed by atoms with Gasteiger partial charge in [-0.1, -0.05) is 26.0 Å². The summed E-state index contributed by atoms with van der Waals surface area (Å²) in [5.74, 6) is -0.681. The summed E-state index contributed by atoms with van der Waals surface area (Å²) in [6.07, 6.45) is -6.62. The van der Waals surface area contributed by atoms with Gasteiger partial charge in [0.15, 0.2) is 0 Å². The molecule has 0 aliphatic heterocycles. The second-order valence-corrected chi connectivity index (χ2v) is 7.50. The third-order valence-corrected chi connectivity index (χ3v) is 4.69. The van der Waals surface area contributed by atoms with Gasteiger partial charge in [0.2, 0.25) is 5.91 Å². The summed E-state index contributed by atoms with van der Waals surface area (Å²) in [5, 5.41) is 2.67. The van der Waals surface area contributed by atoms with E-state index in [9.17, 15) is 31.5 Å². The van der Waals surface area contributed by atoms with Gasteiger partial charge in [0.25, 0.3) is 12.0 Å². The normalized spacial score (nSPS) is 11.8. The van der Waals surface area contributed by atoms with Crippen LogP contribution in [-0.2, 0) is 17.5 Å². The number of aromatic nitrogens is 3. The third-order valence-electron chi connectivity index (χ3n) is 4.69. The molecule has 0 saturated carbocycles. The van der Waals surface area contributed by atoms with Crippen molar-refractivity contribution >= 4 is 5.91 Å². The van der Waals surface area contributed by atoms with Gasteiger partial charge in [0, 0.05) is 41.4 Å². The topological polar surface area (TPSA) is 87.7 Å². The van der Waals surface area contributed by atoms with Crippen LogP contribution in [0.4, 0.5) is 22.0 Å². The second kappa shape index (κ2) is 9.47. The van der Waals surface area contributed by atoms with Crippen LogP contribution in [0.2, 0.25) is 0 Å². The van der Waals surface area contributed by atoms with Crippen molar-refractivity contribution in [3.05, 3.63) is 69.8 Å². The van der Waals surface area contributed by atoms with Crippen molar-refractivity contribution < 1.29 is 26.7 Å². The van der Waals surface area contributed by atoms with Crippen molar-refractivity contribution in [2.75, 3.05) is 0 Å². The fourth-order valence-corrected chi connectivity index (χ4v) is 2.95. The number of pyridine rings is 1. The number of nitrogens with one attached hydrogen (secondary N) is 2. The molecule has 0 radical (unpaired) electrons. The average Bonchev–Trinajstić information content (AvgIpc) is 2.76. The highest BCUT2D eigenvalue weighted by Crippen LogP contribution is 2.32. The Morgan fingerprint density at radius 2 is 1.85 bits per heavy atom. The molecule has 0 unspecified atom stereocenters. The van der Waals surface area contributed by atoms with E-state index < -0.39 is 29.4 Å². The smallest absolute Gasteiger partial charge is 0.352 e. The van der Waals surface area contributed by atoms with E-state index in [1.807, 2.05) is 0 Å². The van der Waals surface area contributed by atoms with Crippen LogP contribution in [0.5, 0.6) is 0 Å². The van der Waals surface area contributed by atoms with Crippen LogP contribution < -0.4 is 10.9 Å². The van der Waals surface area contributed by atoms with Gasteiger partial charge in [-0.05, 0) is 23.8 Å². The Bertz CT molecular complexity index is 1200. The summed E-state index contributed by atoms with van der Waals surface area (Å²) in [7, 11) is 0. The Balaban J connectivity index is 2.03. The summed E-state index contributed by atoms with van der Waals surface area (Å²) in [4.78, 5) is 33.9. The fourth-order valence-electron chi connectivity index (χ4n) is 2.95. The maximum atomic E-state index is 13.6. The molecule has 2 heterocycles. The number of hydrogen-bond acceptors (Lipinski definition) is 4. The molecule has 0 fully saturated rings. The first kappa shape index (κ1) is 24.0. The van der Waals surface area contributed by atoms with Crippen LogP contribution in [0, 0.1) is 5.92 Å². The van der Waals surface area contributed by atoms with Gasteiger partial charge in [-0.15, -0.1) is 0 Å². The Hall–Kier alpha value is -3.63. The van der Waals surface area contributed by atoms with Gasteiger partial charge in [-0.3, -0.25) is 14.6 Å². The minimum absolute atomic E-state index is 0.0336. The summed E-state index contributed by atoms with van der Waals surface area (Å²) >= 11 is 0. The number of hydrogen-bond donors (Lipinski definition) is 2. The van der Waals surface area contributed by atoms with Crippen LogP contribution in [0.15, 0.2) is 47.4 Å². The molecule has 174 valence electrons. The maximum Gasteiger partial charge on any atom is 0.433 e. The number of nitrogens with zero attached hydrogens (tertiary/aromatic N) is 2. The number of amides is 1. The quantitative estimate of drug-likeness (QED) is 0.515. The van der Waals surface area contributed by atoms with Crippen LogP contribution in [0.1, 0.15) is 37.1 Å². The first-order chi connectivity index (χ1) is 15.5. The summed E-state index contributed by atoms with van der Waals surface area (Å²) in [6, 6.07) is 6.82. The van der Waals surface area contributed by atoms with Crippen molar-refractivity contribution in [1.82, 2.24) is 20.3 Å². The van der Waals surface area contributed by atoms with Gasteiger partial charge in [-0.25, -0.2) is 13.8 Å². The van der Waals surface area contributed by atoms with E-state index in [2.05, 4.69) is 20.3 Å². The van der Waals surface area contributed by atoms with Crippen molar-refractivity contribution in [2.24, 2.45) is 5.92 Å². The Morgan fingerprint density at radius 1 is 1.12 bits per heavy atom. The predicted molar refractivity (Wildman–Crippen MR) is 110 cm³/mol. The average molecular weight is 466 g/mol. The molecular formula is C22H19F5N4O2. The van der Waals surface area contributed by atoms with E-state index >= 15 is 0 Å². The van der Waals surface area contributed by atoms with Gasteiger partial charge in [0.05, 0.1) is 5.69 Å². The molecule has 2 N–H and O–H groups in total. The molecule has 0 atom stereocenters. The van der Waals surface area contributed by atoms with Gasteiger partial charge >= 0.3 is 6.18 Å². The van der Waals surface area contributed by atoms with Crippen molar-refractivity contribution in [3.8, 4) is 22.6 Å². The highest BCUT2D eigenvalue weighted by Gasteiger charge is 2.32. The van der Waals surface area contributed by atoms with E-state index in [1.54, 1.807) is 13.8 Å². The molecule has 0 saturated heterocycles. The molecule has 1 aromatic carbocycles. The van der Waals surface area contributed by atoms with Crippen molar-refractivity contribution in [3.63, 3.8) is 0 Å². The Labute approximate surface area is 184 Å². The molecule has 0 aliphatic carbocycles. The number of alkyl halides is 5. The lowest BCUT2D eigenvalue weighted by Crippen LogP contribution is -2.27. The van der Waals surface area contributed by atoms with Crippen molar-refractivity contribution in [2.45, 2.75) is 33.0 Å². The van der Waals surface area contributed by atoms with Crippen molar-refractivity contribution in [1.29, 1.82) is 0 Å². The van der Waals surface area contributed by atoms with Gasteiger partial charge in [0.1, 0.15) is 11.5 Å². The van der Waals surface area contributed by atoms with Gasteiger partial charge < -0.3 is 10.3 Å². The van der Waals surface area contributed by atoms with Crippen LogP contribution >= 0.6 is 0 Å². The zero-order chi connectivity index (χ0) is 24.3. The number of benzene rings is 1. The number of halogens is 5. The standard InChI is InChI=1S/C22H19F5N4O2/c1-11(2)21(33)29-9-12-3-5-14(19(23)24)15(7-12)20-30-16(8-18(32)31-20)13-4-6-17(28-10-13)22(25,26)27/h3-8,10-11,19H,9H2,1-2H3,(H,29,33)(H,30,31,32). The maximum absolute atomic E-state index is 13.6. The third kappa shape index (κ3) is 5.79. The lowest BCUT2D eigenvalue weighted by atomic mass is 10.0. The lowest BCUT2D eigenvalue weighted by molar-refractivity contribution is -0.141. The molecular weight excluding hydrogens is 447 g/mol. The van der Waals surface area contributed by atoms with Crippen LogP contribution in [0.3, 0.4) is 0 Å². The second-order valence-electron chi connectivity index (χ2n) is 7.50. The van der Waals surface area contributed by atoms with Gasteiger partial charge in [-0.2, -0.15) is 13.2 Å². The molecule has 1 amide bonds. The predicted octanol–water partition coefficient (Wildman–Crippen LogP) is 4.73. The summed E-state index contributed by atoms with van der Waals surface area (Å²) < 4.78 is 65.5. The largest absolute Gasteiger partial charge is 0.433 e. The first-order valence-electron chi connectivity index (χ1n) is 9.79. The molecule has 6 nitrogen and oxygen atoms in total. The van der Waals surface area contributed by atoms with E-state index in [0.29, 0.717) is 5.56 Å². The Kier molecular flexibility index (Phi) is 6.89. The number of carbonyl (C=O) groups is 1. The number of carbonyl (C=O) groups excluding carboxylic acids is 1. The monoisotopic (exact) mass is 466 g/mol. The SMILES string of the molecule is CC(C)C(=O)NCc1ccc(C(F)F)c(-c2nc(-c3ccc(C(F)(F)F)nc3)cc(=O)[nH]2)c1. The number of aromatic amines is 1. The summed E-state index contributed by atoms with van der Waals surface area (Å²) in [6.45, 7) is 3.48. The van der Waals surface area contributed by atoms with Crippen LogP contribution in [0.25, 0.3) is 22.6 Å². The minimum Gasteiger partial charge on any atom is -0.352 e. The van der Waals surface area contributed by atoms with Crippen LogP contribution in [-0.4, -0.2) is 20.9 Å². The molecule has 0 spiro atoms. The van der Waals surface area contributed by atoms with E-state index in [1.165, 1.54) is 18.2 Å². The molecule has 3 aromatic rings. The summed E-state index contributed by atoms with van der Waals surface area (Å²) in [5.41, 5.74) is -1.71. The molecule has 33 heavy (non-hydrogen) atoms. The Morgan fingerprint density at radius 3 is 2.42 bits per heavy atom. The zero-order valence-corrected chi connectivity index (χ0v) is 17.5. The molecule has 0 bridgehead atoms.